The molecular formula is C16H20F2N2O2. The number of aryl methyl sites for hydroxylation is 1. The minimum Gasteiger partial charge on any atom is -0.441 e. The van der Waals surface area contributed by atoms with E-state index in [2.05, 4.69) is 4.98 Å². The Labute approximate surface area is 128 Å². The fourth-order valence-electron chi connectivity index (χ4n) is 2.19. The van der Waals surface area contributed by atoms with Crippen molar-refractivity contribution < 1.29 is 18.3 Å². The van der Waals surface area contributed by atoms with Crippen molar-refractivity contribution in [1.29, 1.82) is 0 Å². The van der Waals surface area contributed by atoms with Gasteiger partial charge in [0.15, 0.2) is 0 Å². The largest absolute Gasteiger partial charge is 0.441 e. The molecule has 0 bridgehead atoms. The third-order valence-corrected chi connectivity index (χ3v) is 3.52. The maximum absolute atomic E-state index is 13.8. The van der Waals surface area contributed by atoms with Crippen LogP contribution < -0.4 is 0 Å². The number of hydrogen-bond donors (Lipinski definition) is 1. The van der Waals surface area contributed by atoms with E-state index in [0.29, 0.717) is 24.5 Å². The van der Waals surface area contributed by atoms with Gasteiger partial charge < -0.3 is 9.52 Å². The van der Waals surface area contributed by atoms with Gasteiger partial charge in [-0.05, 0) is 32.9 Å². The van der Waals surface area contributed by atoms with Gasteiger partial charge >= 0.3 is 0 Å². The van der Waals surface area contributed by atoms with E-state index in [4.69, 9.17) is 9.52 Å². The van der Waals surface area contributed by atoms with E-state index in [0.717, 1.165) is 6.07 Å². The van der Waals surface area contributed by atoms with Crippen molar-refractivity contribution in [2.75, 3.05) is 13.2 Å². The Morgan fingerprint density at radius 3 is 2.64 bits per heavy atom. The third kappa shape index (κ3) is 3.69. The summed E-state index contributed by atoms with van der Waals surface area (Å²) in [5.41, 5.74) is 0.815. The van der Waals surface area contributed by atoms with Crippen LogP contribution in [0.4, 0.5) is 8.78 Å². The van der Waals surface area contributed by atoms with Crippen LogP contribution in [0, 0.1) is 18.6 Å². The van der Waals surface area contributed by atoms with Gasteiger partial charge in [-0.3, -0.25) is 4.90 Å². The molecule has 0 amide bonds. The lowest BCUT2D eigenvalue weighted by Crippen LogP contribution is -2.33. The summed E-state index contributed by atoms with van der Waals surface area (Å²) < 4.78 is 32.3. The molecule has 22 heavy (non-hydrogen) atoms. The first-order valence-corrected chi connectivity index (χ1v) is 7.19. The smallest absolute Gasteiger partial charge is 0.229 e. The van der Waals surface area contributed by atoms with Gasteiger partial charge in [-0.1, -0.05) is 0 Å². The first-order chi connectivity index (χ1) is 10.4. The van der Waals surface area contributed by atoms with Crippen molar-refractivity contribution in [3.63, 3.8) is 0 Å². The second-order valence-corrected chi connectivity index (χ2v) is 5.43. The van der Waals surface area contributed by atoms with Crippen LogP contribution in [-0.4, -0.2) is 34.2 Å². The average Bonchev–Trinajstić information content (AvgIpc) is 2.79. The molecule has 1 N–H and O–H groups in total. The maximum atomic E-state index is 13.8. The van der Waals surface area contributed by atoms with Gasteiger partial charge in [-0.25, -0.2) is 13.8 Å². The maximum Gasteiger partial charge on any atom is 0.229 e. The molecule has 1 aromatic carbocycles. The van der Waals surface area contributed by atoms with Crippen molar-refractivity contribution in [2.24, 2.45) is 0 Å². The van der Waals surface area contributed by atoms with E-state index in [-0.39, 0.29) is 24.1 Å². The Bertz CT molecular complexity index is 641. The Morgan fingerprint density at radius 2 is 2.05 bits per heavy atom. The third-order valence-electron chi connectivity index (χ3n) is 3.52. The van der Waals surface area contributed by atoms with Gasteiger partial charge in [0.25, 0.3) is 0 Å². The number of nitrogens with zero attached hydrogens (tertiary/aromatic N) is 2. The Balaban J connectivity index is 2.27. The summed E-state index contributed by atoms with van der Waals surface area (Å²) in [7, 11) is 0. The standard InChI is InChI=1S/C16H20F2N2O2/c1-10(2)20(6-7-21)9-15-11(3)22-16(19-15)13-5-4-12(17)8-14(13)18/h4-5,8,10,21H,6-7,9H2,1-3H3. The number of aliphatic hydroxyl groups excluding tert-OH is 1. The lowest BCUT2D eigenvalue weighted by Gasteiger charge is -2.24. The van der Waals surface area contributed by atoms with Crippen LogP contribution in [0.5, 0.6) is 0 Å². The molecule has 1 aromatic heterocycles. The molecule has 4 nitrogen and oxygen atoms in total. The molecule has 0 aliphatic rings. The van der Waals surface area contributed by atoms with E-state index in [1.54, 1.807) is 6.92 Å². The lowest BCUT2D eigenvalue weighted by atomic mass is 10.2. The molecule has 0 atom stereocenters. The molecule has 0 aliphatic carbocycles. The number of hydrogen-bond acceptors (Lipinski definition) is 4. The number of oxazole rings is 1. The zero-order chi connectivity index (χ0) is 16.3. The van der Waals surface area contributed by atoms with Crippen molar-refractivity contribution in [2.45, 2.75) is 33.4 Å². The summed E-state index contributed by atoms with van der Waals surface area (Å²) in [6.07, 6.45) is 0. The highest BCUT2D eigenvalue weighted by molar-refractivity contribution is 5.54. The van der Waals surface area contributed by atoms with Crippen molar-refractivity contribution in [1.82, 2.24) is 9.88 Å². The molecule has 0 saturated carbocycles. The Kier molecular flexibility index (Phi) is 5.26. The van der Waals surface area contributed by atoms with E-state index in [9.17, 15) is 8.78 Å². The first kappa shape index (κ1) is 16.6. The topological polar surface area (TPSA) is 49.5 Å². The van der Waals surface area contributed by atoms with Crippen LogP contribution in [-0.2, 0) is 6.54 Å². The molecule has 0 aliphatic heterocycles. The van der Waals surface area contributed by atoms with Crippen molar-refractivity contribution in [3.05, 3.63) is 41.3 Å². The van der Waals surface area contributed by atoms with E-state index in [1.165, 1.54) is 12.1 Å². The summed E-state index contributed by atoms with van der Waals surface area (Å²) in [6, 6.07) is 3.52. The Hall–Kier alpha value is -1.79. The highest BCUT2D eigenvalue weighted by Gasteiger charge is 2.18. The van der Waals surface area contributed by atoms with Crippen LogP contribution >= 0.6 is 0 Å². The van der Waals surface area contributed by atoms with Gasteiger partial charge in [0.2, 0.25) is 5.89 Å². The number of benzene rings is 1. The molecule has 0 spiro atoms. The predicted octanol–water partition coefficient (Wildman–Crippen LogP) is 3.13. The molecule has 0 fully saturated rings. The molecule has 0 unspecified atom stereocenters. The fraction of sp³-hybridized carbons (Fsp3) is 0.438. The second kappa shape index (κ2) is 6.98. The minimum atomic E-state index is -0.705. The molecule has 6 heteroatoms. The molecule has 1 heterocycles. The highest BCUT2D eigenvalue weighted by atomic mass is 19.1. The van der Waals surface area contributed by atoms with Crippen molar-refractivity contribution >= 4 is 0 Å². The Morgan fingerprint density at radius 1 is 1.32 bits per heavy atom. The average molecular weight is 310 g/mol. The summed E-state index contributed by atoms with van der Waals surface area (Å²) in [5.74, 6) is -0.623. The van der Waals surface area contributed by atoms with E-state index in [1.807, 2.05) is 18.7 Å². The van der Waals surface area contributed by atoms with Crippen LogP contribution in [0.3, 0.4) is 0 Å². The van der Waals surface area contributed by atoms with Crippen LogP contribution in [0.25, 0.3) is 11.5 Å². The zero-order valence-electron chi connectivity index (χ0n) is 12.9. The monoisotopic (exact) mass is 310 g/mol. The van der Waals surface area contributed by atoms with E-state index < -0.39 is 11.6 Å². The second-order valence-electron chi connectivity index (χ2n) is 5.43. The number of aromatic nitrogens is 1. The van der Waals surface area contributed by atoms with Crippen molar-refractivity contribution in [3.8, 4) is 11.5 Å². The van der Waals surface area contributed by atoms with Gasteiger partial charge in [0.05, 0.1) is 17.9 Å². The summed E-state index contributed by atoms with van der Waals surface area (Å²) in [4.78, 5) is 6.36. The predicted molar refractivity (Wildman–Crippen MR) is 79.2 cm³/mol. The van der Waals surface area contributed by atoms with Gasteiger partial charge in [0, 0.05) is 25.2 Å². The minimum absolute atomic E-state index is 0.0501. The van der Waals surface area contributed by atoms with E-state index >= 15 is 0 Å². The number of halogens is 2. The first-order valence-electron chi connectivity index (χ1n) is 7.19. The van der Waals surface area contributed by atoms with Crippen LogP contribution in [0.1, 0.15) is 25.3 Å². The quantitative estimate of drug-likeness (QED) is 0.890. The normalized spacial score (nSPS) is 11.6. The number of aliphatic hydroxyl groups is 1. The fourth-order valence-corrected chi connectivity index (χ4v) is 2.19. The summed E-state index contributed by atoms with van der Waals surface area (Å²) >= 11 is 0. The molecule has 2 rings (SSSR count). The lowest BCUT2D eigenvalue weighted by molar-refractivity contribution is 0.157. The number of rotatable bonds is 6. The molecule has 2 aromatic rings. The van der Waals surface area contributed by atoms with Gasteiger partial charge in [0.1, 0.15) is 17.4 Å². The SMILES string of the molecule is Cc1oc(-c2ccc(F)cc2F)nc1CN(CCO)C(C)C. The van der Waals surface area contributed by atoms with Gasteiger partial charge in [-0.2, -0.15) is 0 Å². The van der Waals surface area contributed by atoms with Gasteiger partial charge in [-0.15, -0.1) is 0 Å². The zero-order valence-corrected chi connectivity index (χ0v) is 12.9. The van der Waals surface area contributed by atoms with Crippen LogP contribution in [0.15, 0.2) is 22.6 Å². The molecule has 120 valence electrons. The highest BCUT2D eigenvalue weighted by Crippen LogP contribution is 2.25. The molecule has 0 saturated heterocycles. The van der Waals surface area contributed by atoms with Crippen LogP contribution in [0.2, 0.25) is 0 Å². The summed E-state index contributed by atoms with van der Waals surface area (Å²) in [5, 5.41) is 9.11. The molecular weight excluding hydrogens is 290 g/mol. The molecule has 0 radical (unpaired) electrons. The summed E-state index contributed by atoms with van der Waals surface area (Å²) in [6.45, 7) is 6.86.